The molecule has 0 unspecified atom stereocenters. The fourth-order valence-electron chi connectivity index (χ4n) is 2.73. The zero-order valence-corrected chi connectivity index (χ0v) is 13.6. The van der Waals surface area contributed by atoms with E-state index in [1.807, 2.05) is 13.8 Å². The van der Waals surface area contributed by atoms with Gasteiger partial charge in [0.05, 0.1) is 18.1 Å². The van der Waals surface area contributed by atoms with Crippen molar-refractivity contribution in [3.8, 4) is 22.6 Å². The zero-order valence-electron chi connectivity index (χ0n) is 13.6. The second-order valence-electron chi connectivity index (χ2n) is 5.83. The highest BCUT2D eigenvalue weighted by atomic mass is 19.1. The highest BCUT2D eigenvalue weighted by Crippen LogP contribution is 2.37. The summed E-state index contributed by atoms with van der Waals surface area (Å²) in [7, 11) is 1.40. The average molecular weight is 328 g/mol. The summed E-state index contributed by atoms with van der Waals surface area (Å²) < 4.78 is 24.3. The monoisotopic (exact) mass is 328 g/mol. The first kappa shape index (κ1) is 16.1. The van der Waals surface area contributed by atoms with Gasteiger partial charge in [0.1, 0.15) is 11.6 Å². The molecule has 0 amide bonds. The minimum atomic E-state index is -0.374. The molecule has 0 aliphatic carbocycles. The third-order valence-electron chi connectivity index (χ3n) is 3.88. The number of hydrogen-bond acceptors (Lipinski definition) is 4. The molecule has 3 rings (SSSR count). The van der Waals surface area contributed by atoms with E-state index in [0.29, 0.717) is 22.3 Å². The number of rotatable bonds is 3. The van der Waals surface area contributed by atoms with Crippen molar-refractivity contribution in [1.29, 1.82) is 0 Å². The molecule has 0 saturated heterocycles. The summed E-state index contributed by atoms with van der Waals surface area (Å²) in [5, 5.41) is 10.2. The molecule has 1 aromatic heterocycles. The highest BCUT2D eigenvalue weighted by Gasteiger charge is 2.21. The van der Waals surface area contributed by atoms with Crippen LogP contribution in [-0.4, -0.2) is 12.2 Å². The molecule has 0 bridgehead atoms. The molecule has 2 aromatic carbocycles. The second kappa shape index (κ2) is 6.00. The number of fused-ring (bicyclic) bond motifs is 1. The summed E-state index contributed by atoms with van der Waals surface area (Å²) in [4.78, 5) is 13.0. The number of methoxy groups -OCH3 is 1. The van der Waals surface area contributed by atoms with Crippen LogP contribution in [0.2, 0.25) is 0 Å². The van der Waals surface area contributed by atoms with Gasteiger partial charge in [-0.3, -0.25) is 4.79 Å². The fraction of sp³-hybridized carbons (Fsp3) is 0.211. The Morgan fingerprint density at radius 3 is 2.38 bits per heavy atom. The Labute approximate surface area is 138 Å². The summed E-state index contributed by atoms with van der Waals surface area (Å²) in [5.74, 6) is 0.0216. The van der Waals surface area contributed by atoms with E-state index >= 15 is 0 Å². The van der Waals surface area contributed by atoms with Crippen molar-refractivity contribution >= 4 is 11.0 Å². The van der Waals surface area contributed by atoms with Gasteiger partial charge in [0.2, 0.25) is 11.2 Å². The molecule has 4 nitrogen and oxygen atoms in total. The number of halogens is 1. The lowest BCUT2D eigenvalue weighted by atomic mass is 9.97. The maximum absolute atomic E-state index is 13.2. The Morgan fingerprint density at radius 1 is 1.12 bits per heavy atom. The van der Waals surface area contributed by atoms with Gasteiger partial charge in [-0.1, -0.05) is 26.0 Å². The van der Waals surface area contributed by atoms with Crippen LogP contribution in [0.15, 0.2) is 45.6 Å². The standard InChI is InChI=1S/C19H17FO4/c1-10(2)17-15(11-4-6-12(20)7-5-11)16(22)13-8-9-14(21)19(23-3)18(13)24-17/h4-10,21H,1-3H3. The number of hydrogen-bond donors (Lipinski definition) is 1. The normalized spacial score (nSPS) is 11.2. The van der Waals surface area contributed by atoms with Crippen LogP contribution in [-0.2, 0) is 0 Å². The lowest BCUT2D eigenvalue weighted by Gasteiger charge is -2.14. The smallest absolute Gasteiger partial charge is 0.204 e. The van der Waals surface area contributed by atoms with Crippen LogP contribution in [0.4, 0.5) is 4.39 Å². The van der Waals surface area contributed by atoms with E-state index < -0.39 is 0 Å². The van der Waals surface area contributed by atoms with Crippen molar-refractivity contribution in [3.63, 3.8) is 0 Å². The van der Waals surface area contributed by atoms with Crippen LogP contribution >= 0.6 is 0 Å². The van der Waals surface area contributed by atoms with Gasteiger partial charge in [-0.05, 0) is 29.8 Å². The number of ether oxygens (including phenoxy) is 1. The molecule has 0 atom stereocenters. The predicted molar refractivity (Wildman–Crippen MR) is 90.2 cm³/mol. The molecule has 124 valence electrons. The van der Waals surface area contributed by atoms with Gasteiger partial charge in [0.25, 0.3) is 0 Å². The summed E-state index contributed by atoms with van der Waals surface area (Å²) in [5.41, 5.74) is 0.940. The summed E-state index contributed by atoms with van der Waals surface area (Å²) in [6, 6.07) is 8.60. The van der Waals surface area contributed by atoms with Crippen molar-refractivity contribution in [2.45, 2.75) is 19.8 Å². The van der Waals surface area contributed by atoms with Gasteiger partial charge in [-0.25, -0.2) is 4.39 Å². The Kier molecular flexibility index (Phi) is 4.01. The van der Waals surface area contributed by atoms with Crippen LogP contribution in [0.1, 0.15) is 25.5 Å². The van der Waals surface area contributed by atoms with Crippen molar-refractivity contribution in [3.05, 3.63) is 58.2 Å². The SMILES string of the molecule is COc1c(O)ccc2c(=O)c(-c3ccc(F)cc3)c(C(C)C)oc12. The molecular formula is C19H17FO4. The van der Waals surface area contributed by atoms with Crippen LogP contribution in [0.3, 0.4) is 0 Å². The lowest BCUT2D eigenvalue weighted by Crippen LogP contribution is -2.10. The van der Waals surface area contributed by atoms with Crippen molar-refractivity contribution in [1.82, 2.24) is 0 Å². The molecule has 5 heteroatoms. The maximum Gasteiger partial charge on any atom is 0.204 e. The number of aromatic hydroxyl groups is 1. The zero-order chi connectivity index (χ0) is 17.4. The van der Waals surface area contributed by atoms with Crippen LogP contribution in [0.25, 0.3) is 22.1 Å². The van der Waals surface area contributed by atoms with Gasteiger partial charge < -0.3 is 14.3 Å². The van der Waals surface area contributed by atoms with Crippen LogP contribution < -0.4 is 10.2 Å². The summed E-state index contributed by atoms with van der Waals surface area (Å²) in [6.45, 7) is 3.79. The molecule has 1 heterocycles. The maximum atomic E-state index is 13.2. The topological polar surface area (TPSA) is 59.7 Å². The molecular weight excluding hydrogens is 311 g/mol. The molecule has 0 aliphatic rings. The quantitative estimate of drug-likeness (QED) is 0.772. The van der Waals surface area contributed by atoms with Gasteiger partial charge in [0, 0.05) is 5.92 Å². The van der Waals surface area contributed by atoms with E-state index in [0.717, 1.165) is 0 Å². The van der Waals surface area contributed by atoms with Gasteiger partial charge in [0.15, 0.2) is 11.3 Å². The summed E-state index contributed by atoms with van der Waals surface area (Å²) in [6.07, 6.45) is 0. The molecule has 1 N–H and O–H groups in total. The van der Waals surface area contributed by atoms with Gasteiger partial charge >= 0.3 is 0 Å². The van der Waals surface area contributed by atoms with Crippen molar-refractivity contribution < 1.29 is 18.7 Å². The third-order valence-corrected chi connectivity index (χ3v) is 3.88. The first-order valence-corrected chi connectivity index (χ1v) is 7.56. The lowest BCUT2D eigenvalue weighted by molar-refractivity contribution is 0.367. The Bertz CT molecular complexity index is 956. The fourth-order valence-corrected chi connectivity index (χ4v) is 2.73. The summed E-state index contributed by atoms with van der Waals surface area (Å²) >= 11 is 0. The number of benzene rings is 2. The number of phenols is 1. The van der Waals surface area contributed by atoms with Crippen molar-refractivity contribution in [2.75, 3.05) is 7.11 Å². The molecule has 24 heavy (non-hydrogen) atoms. The predicted octanol–water partition coefficient (Wildman–Crippen LogP) is 4.44. The third kappa shape index (κ3) is 2.52. The second-order valence-corrected chi connectivity index (χ2v) is 5.83. The molecule has 3 aromatic rings. The van der Waals surface area contributed by atoms with E-state index in [1.165, 1.54) is 31.4 Å². The van der Waals surface area contributed by atoms with E-state index in [2.05, 4.69) is 0 Å². The van der Waals surface area contributed by atoms with Crippen LogP contribution in [0, 0.1) is 5.82 Å². The Balaban J connectivity index is 2.43. The first-order valence-electron chi connectivity index (χ1n) is 7.56. The Morgan fingerprint density at radius 2 is 1.79 bits per heavy atom. The average Bonchev–Trinajstić information content (AvgIpc) is 2.55. The number of phenolic OH excluding ortho intramolecular Hbond substituents is 1. The van der Waals surface area contributed by atoms with E-state index in [4.69, 9.17) is 9.15 Å². The van der Waals surface area contributed by atoms with E-state index in [1.54, 1.807) is 12.1 Å². The molecule has 0 radical (unpaired) electrons. The largest absolute Gasteiger partial charge is 0.504 e. The molecule has 0 aliphatic heterocycles. The molecule has 0 fully saturated rings. The first-order chi connectivity index (χ1) is 11.4. The molecule has 0 spiro atoms. The van der Waals surface area contributed by atoms with E-state index in [-0.39, 0.29) is 34.2 Å². The van der Waals surface area contributed by atoms with E-state index in [9.17, 15) is 14.3 Å². The van der Waals surface area contributed by atoms with Gasteiger partial charge in [-0.2, -0.15) is 0 Å². The Hall–Kier alpha value is -2.82. The molecule has 0 saturated carbocycles. The van der Waals surface area contributed by atoms with Crippen molar-refractivity contribution in [2.24, 2.45) is 0 Å². The minimum absolute atomic E-state index is 0.0887. The van der Waals surface area contributed by atoms with Crippen LogP contribution in [0.5, 0.6) is 11.5 Å². The van der Waals surface area contributed by atoms with Gasteiger partial charge in [-0.15, -0.1) is 0 Å². The minimum Gasteiger partial charge on any atom is -0.504 e. The highest BCUT2D eigenvalue weighted by molar-refractivity contribution is 5.89.